The molecule has 0 saturated carbocycles. The lowest BCUT2D eigenvalue weighted by atomic mass is 9.86. The van der Waals surface area contributed by atoms with Crippen LogP contribution in [0.15, 0.2) is 24.3 Å². The highest BCUT2D eigenvalue weighted by Gasteiger charge is 2.12. The van der Waals surface area contributed by atoms with Crippen LogP contribution in [0.4, 0.5) is 0 Å². The second kappa shape index (κ2) is 4.49. The van der Waals surface area contributed by atoms with Gasteiger partial charge < -0.3 is 0 Å². The van der Waals surface area contributed by atoms with Gasteiger partial charge in [-0.1, -0.05) is 31.2 Å². The molecular formula is C12H20. The Labute approximate surface area is 76.4 Å². The van der Waals surface area contributed by atoms with Gasteiger partial charge in [-0.3, -0.25) is 0 Å². The summed E-state index contributed by atoms with van der Waals surface area (Å²) in [5.41, 5.74) is 1.33. The first-order valence-corrected chi connectivity index (χ1v) is 5.02. The van der Waals surface area contributed by atoms with Crippen molar-refractivity contribution in [3.05, 3.63) is 24.3 Å². The minimum Gasteiger partial charge on any atom is -0.0999 e. The van der Waals surface area contributed by atoms with Gasteiger partial charge in [0, 0.05) is 0 Å². The summed E-state index contributed by atoms with van der Waals surface area (Å²) in [5, 5.41) is 0. The monoisotopic (exact) mass is 164 g/mol. The molecule has 0 heterocycles. The first kappa shape index (κ1) is 9.57. The van der Waals surface area contributed by atoms with Gasteiger partial charge in [0.15, 0.2) is 0 Å². The van der Waals surface area contributed by atoms with E-state index in [-0.39, 0.29) is 0 Å². The van der Waals surface area contributed by atoms with Gasteiger partial charge in [-0.15, -0.1) is 0 Å². The van der Waals surface area contributed by atoms with Crippen molar-refractivity contribution in [1.29, 1.82) is 0 Å². The van der Waals surface area contributed by atoms with Gasteiger partial charge in [0.25, 0.3) is 0 Å². The lowest BCUT2D eigenvalue weighted by molar-refractivity contribution is 0.444. The predicted molar refractivity (Wildman–Crippen MR) is 55.1 cm³/mol. The molecule has 0 saturated heterocycles. The first-order chi connectivity index (χ1) is 5.70. The summed E-state index contributed by atoms with van der Waals surface area (Å²) < 4.78 is 0. The fourth-order valence-corrected chi connectivity index (χ4v) is 1.73. The summed E-state index contributed by atoms with van der Waals surface area (Å²) in [7, 11) is 0. The summed E-state index contributed by atoms with van der Waals surface area (Å²) in [6.45, 7) is 8.42. The van der Waals surface area contributed by atoms with E-state index in [1.807, 2.05) is 0 Å². The maximum absolute atomic E-state index is 4.00. The number of hydrogen-bond acceptors (Lipinski definition) is 0. The van der Waals surface area contributed by atoms with Crippen LogP contribution in [0.1, 0.15) is 39.5 Å². The Balaban J connectivity index is 2.34. The van der Waals surface area contributed by atoms with Crippen molar-refractivity contribution in [1.82, 2.24) is 0 Å². The molecule has 0 nitrogen and oxygen atoms in total. The number of allylic oxidation sites excluding steroid dienone is 3. The second-order valence-corrected chi connectivity index (χ2v) is 4.10. The van der Waals surface area contributed by atoms with E-state index in [9.17, 15) is 0 Å². The standard InChI is InChI=1S/C12H20/c1-10(2)11(3)9-12-7-5-4-6-8-12/h5,7,11-12H,1,4,6,8-9H2,2-3H3. The molecule has 0 spiro atoms. The van der Waals surface area contributed by atoms with Crippen LogP contribution in [0.25, 0.3) is 0 Å². The van der Waals surface area contributed by atoms with Gasteiger partial charge in [0.2, 0.25) is 0 Å². The van der Waals surface area contributed by atoms with Gasteiger partial charge >= 0.3 is 0 Å². The van der Waals surface area contributed by atoms with Crippen LogP contribution in [-0.2, 0) is 0 Å². The second-order valence-electron chi connectivity index (χ2n) is 4.10. The van der Waals surface area contributed by atoms with Crippen molar-refractivity contribution in [3.63, 3.8) is 0 Å². The number of rotatable bonds is 3. The smallest absolute Gasteiger partial charge is 0.0228 e. The van der Waals surface area contributed by atoms with E-state index < -0.39 is 0 Å². The molecule has 0 aromatic carbocycles. The SMILES string of the molecule is C=C(C)C(C)CC1C=CCCC1. The topological polar surface area (TPSA) is 0 Å². The zero-order chi connectivity index (χ0) is 8.97. The Morgan fingerprint density at radius 2 is 2.42 bits per heavy atom. The third kappa shape index (κ3) is 2.84. The third-order valence-corrected chi connectivity index (χ3v) is 2.85. The summed E-state index contributed by atoms with van der Waals surface area (Å²) in [6, 6.07) is 0. The van der Waals surface area contributed by atoms with Gasteiger partial charge in [0.05, 0.1) is 0 Å². The van der Waals surface area contributed by atoms with E-state index in [4.69, 9.17) is 0 Å². The molecule has 0 aromatic rings. The molecular weight excluding hydrogens is 144 g/mol. The fraction of sp³-hybridized carbons (Fsp3) is 0.667. The molecule has 0 aromatic heterocycles. The molecule has 0 amide bonds. The molecule has 1 aliphatic carbocycles. The maximum Gasteiger partial charge on any atom is -0.0228 e. The average Bonchev–Trinajstić information content (AvgIpc) is 2.06. The minimum absolute atomic E-state index is 0.692. The van der Waals surface area contributed by atoms with Crippen molar-refractivity contribution in [3.8, 4) is 0 Å². The molecule has 12 heavy (non-hydrogen) atoms. The zero-order valence-electron chi connectivity index (χ0n) is 8.34. The van der Waals surface area contributed by atoms with Crippen LogP contribution >= 0.6 is 0 Å². The Bertz CT molecular complexity index is 176. The Hall–Kier alpha value is -0.520. The summed E-state index contributed by atoms with van der Waals surface area (Å²) >= 11 is 0. The van der Waals surface area contributed by atoms with Crippen molar-refractivity contribution < 1.29 is 0 Å². The molecule has 1 aliphatic rings. The zero-order valence-corrected chi connectivity index (χ0v) is 8.34. The highest BCUT2D eigenvalue weighted by molar-refractivity contribution is 4.99. The molecule has 1 rings (SSSR count). The molecule has 0 fully saturated rings. The largest absolute Gasteiger partial charge is 0.0999 e. The van der Waals surface area contributed by atoms with Crippen LogP contribution in [0.3, 0.4) is 0 Å². The van der Waals surface area contributed by atoms with Gasteiger partial charge in [-0.2, -0.15) is 0 Å². The normalized spacial score (nSPS) is 25.3. The highest BCUT2D eigenvalue weighted by atomic mass is 14.2. The van der Waals surface area contributed by atoms with E-state index in [2.05, 4.69) is 32.6 Å². The fourth-order valence-electron chi connectivity index (χ4n) is 1.73. The molecule has 0 radical (unpaired) electrons. The maximum atomic E-state index is 4.00. The summed E-state index contributed by atoms with van der Waals surface area (Å²) in [5.74, 6) is 1.52. The van der Waals surface area contributed by atoms with Crippen molar-refractivity contribution in [2.75, 3.05) is 0 Å². The quantitative estimate of drug-likeness (QED) is 0.554. The van der Waals surface area contributed by atoms with Crippen LogP contribution < -0.4 is 0 Å². The number of hydrogen-bond donors (Lipinski definition) is 0. The first-order valence-electron chi connectivity index (χ1n) is 5.02. The van der Waals surface area contributed by atoms with Crippen molar-refractivity contribution >= 4 is 0 Å². The molecule has 0 aliphatic heterocycles. The molecule has 0 heteroatoms. The Kier molecular flexibility index (Phi) is 3.58. The molecule has 2 unspecified atom stereocenters. The average molecular weight is 164 g/mol. The minimum atomic E-state index is 0.692. The van der Waals surface area contributed by atoms with E-state index in [0.29, 0.717) is 5.92 Å². The van der Waals surface area contributed by atoms with Crippen molar-refractivity contribution in [2.24, 2.45) is 11.8 Å². The van der Waals surface area contributed by atoms with E-state index >= 15 is 0 Å². The summed E-state index contributed by atoms with van der Waals surface area (Å²) in [4.78, 5) is 0. The van der Waals surface area contributed by atoms with E-state index in [1.165, 1.54) is 31.3 Å². The lowest BCUT2D eigenvalue weighted by Crippen LogP contribution is -2.07. The molecule has 0 bridgehead atoms. The third-order valence-electron chi connectivity index (χ3n) is 2.85. The molecule has 0 N–H and O–H groups in total. The Morgan fingerprint density at radius 1 is 1.67 bits per heavy atom. The highest BCUT2D eigenvalue weighted by Crippen LogP contribution is 2.26. The van der Waals surface area contributed by atoms with Crippen LogP contribution in [0.2, 0.25) is 0 Å². The lowest BCUT2D eigenvalue weighted by Gasteiger charge is -2.20. The van der Waals surface area contributed by atoms with E-state index in [0.717, 1.165) is 5.92 Å². The van der Waals surface area contributed by atoms with Gasteiger partial charge in [0.1, 0.15) is 0 Å². The van der Waals surface area contributed by atoms with E-state index in [1.54, 1.807) is 0 Å². The molecule has 2 atom stereocenters. The molecule has 68 valence electrons. The Morgan fingerprint density at radius 3 is 2.92 bits per heavy atom. The van der Waals surface area contributed by atoms with Crippen LogP contribution in [0.5, 0.6) is 0 Å². The van der Waals surface area contributed by atoms with Crippen molar-refractivity contribution in [2.45, 2.75) is 39.5 Å². The van der Waals surface area contributed by atoms with Crippen LogP contribution in [-0.4, -0.2) is 0 Å². The van der Waals surface area contributed by atoms with Gasteiger partial charge in [-0.25, -0.2) is 0 Å². The summed E-state index contributed by atoms with van der Waals surface area (Å²) in [6.07, 6.45) is 10.1. The van der Waals surface area contributed by atoms with Crippen LogP contribution in [0, 0.1) is 11.8 Å². The predicted octanol–water partition coefficient (Wildman–Crippen LogP) is 3.95. The van der Waals surface area contributed by atoms with Gasteiger partial charge in [-0.05, 0) is 44.4 Å².